The van der Waals surface area contributed by atoms with Crippen LogP contribution in [0.5, 0.6) is 5.75 Å². The van der Waals surface area contributed by atoms with E-state index in [-0.39, 0.29) is 17.2 Å². The molecule has 168 valence electrons. The molecule has 2 N–H and O–H groups in total. The van der Waals surface area contributed by atoms with Crippen LogP contribution in [0.2, 0.25) is 0 Å². The van der Waals surface area contributed by atoms with E-state index in [1.807, 2.05) is 66.7 Å². The molecule has 0 aliphatic carbocycles. The molecule has 0 atom stereocenters. The summed E-state index contributed by atoms with van der Waals surface area (Å²) >= 11 is 6.89. The minimum Gasteiger partial charge on any atom is -0.488 e. The standard InChI is InChI=1S/C25H17Br2N5O2/c26-19-8-6-16(7-9-19)15-34-22-11-10-20(27)12-18(22)14-29-32-25-30-23(17-4-2-1-3-5-17)21(13-28)24(33)31-25/h1-12,14H,15H2,(H2,30,31,32,33). The molecule has 0 unspecified atom stereocenters. The van der Waals surface area contributed by atoms with Gasteiger partial charge in [0.05, 0.1) is 11.9 Å². The molecule has 0 spiro atoms. The Hall–Kier alpha value is -3.74. The quantitative estimate of drug-likeness (QED) is 0.211. The van der Waals surface area contributed by atoms with E-state index in [4.69, 9.17) is 4.74 Å². The van der Waals surface area contributed by atoms with E-state index in [9.17, 15) is 10.1 Å². The van der Waals surface area contributed by atoms with Crippen molar-refractivity contribution < 1.29 is 4.74 Å². The number of rotatable bonds is 7. The summed E-state index contributed by atoms with van der Waals surface area (Å²) < 4.78 is 7.85. The van der Waals surface area contributed by atoms with E-state index in [0.717, 1.165) is 20.1 Å². The summed E-state index contributed by atoms with van der Waals surface area (Å²) in [6.45, 7) is 0.397. The molecule has 3 aromatic carbocycles. The van der Waals surface area contributed by atoms with E-state index in [1.54, 1.807) is 18.3 Å². The summed E-state index contributed by atoms with van der Waals surface area (Å²) in [6, 6.07) is 24.4. The van der Waals surface area contributed by atoms with E-state index in [1.165, 1.54) is 0 Å². The van der Waals surface area contributed by atoms with Crippen LogP contribution < -0.4 is 15.7 Å². The molecule has 0 bridgehead atoms. The normalized spacial score (nSPS) is 10.7. The molecule has 0 aliphatic rings. The number of nitriles is 1. The van der Waals surface area contributed by atoms with Crippen molar-refractivity contribution in [2.75, 3.05) is 5.43 Å². The second kappa shape index (κ2) is 10.9. The van der Waals surface area contributed by atoms with Gasteiger partial charge in [0.25, 0.3) is 5.56 Å². The first-order valence-corrected chi connectivity index (χ1v) is 11.7. The monoisotopic (exact) mass is 577 g/mol. The molecular weight excluding hydrogens is 562 g/mol. The Morgan fingerprint density at radius 3 is 2.53 bits per heavy atom. The highest BCUT2D eigenvalue weighted by Gasteiger charge is 2.13. The molecule has 0 saturated heterocycles. The SMILES string of the molecule is N#Cc1c(-c2ccccc2)nc(NN=Cc2cc(Br)ccc2OCc2ccc(Br)cc2)[nH]c1=O. The molecule has 7 nitrogen and oxygen atoms in total. The van der Waals surface area contributed by atoms with Crippen LogP contribution in [-0.2, 0) is 6.61 Å². The third-order valence-corrected chi connectivity index (χ3v) is 5.75. The van der Waals surface area contributed by atoms with Gasteiger partial charge < -0.3 is 4.74 Å². The van der Waals surface area contributed by atoms with Crippen molar-refractivity contribution in [2.24, 2.45) is 5.10 Å². The van der Waals surface area contributed by atoms with Crippen molar-refractivity contribution >= 4 is 44.0 Å². The number of aromatic amines is 1. The second-order valence-corrected chi connectivity index (χ2v) is 8.91. The Morgan fingerprint density at radius 1 is 1.06 bits per heavy atom. The number of halogens is 2. The first kappa shape index (κ1) is 23.4. The predicted octanol–water partition coefficient (Wildman–Crippen LogP) is 5.86. The van der Waals surface area contributed by atoms with E-state index < -0.39 is 5.56 Å². The number of nitrogens with zero attached hydrogens (tertiary/aromatic N) is 3. The van der Waals surface area contributed by atoms with Crippen LogP contribution in [0.15, 0.2) is 91.6 Å². The van der Waals surface area contributed by atoms with E-state index in [2.05, 4.69) is 52.4 Å². The van der Waals surface area contributed by atoms with Crippen LogP contribution in [0.25, 0.3) is 11.3 Å². The Labute approximate surface area is 212 Å². The fraction of sp³-hybridized carbons (Fsp3) is 0.0400. The first-order valence-electron chi connectivity index (χ1n) is 10.1. The lowest BCUT2D eigenvalue weighted by Gasteiger charge is -2.10. The lowest BCUT2D eigenvalue weighted by atomic mass is 10.1. The van der Waals surface area contributed by atoms with Gasteiger partial charge in [0, 0.05) is 20.1 Å². The summed E-state index contributed by atoms with van der Waals surface area (Å²) in [5.41, 5.74) is 4.83. The maximum Gasteiger partial charge on any atom is 0.270 e. The van der Waals surface area contributed by atoms with Gasteiger partial charge in [-0.05, 0) is 35.9 Å². The fourth-order valence-corrected chi connectivity index (χ4v) is 3.73. The molecule has 0 amide bonds. The third kappa shape index (κ3) is 5.78. The van der Waals surface area contributed by atoms with Gasteiger partial charge in [-0.25, -0.2) is 10.4 Å². The van der Waals surface area contributed by atoms with Crippen LogP contribution >= 0.6 is 31.9 Å². The molecule has 34 heavy (non-hydrogen) atoms. The number of hydrogen-bond acceptors (Lipinski definition) is 6. The van der Waals surface area contributed by atoms with Crippen LogP contribution in [0.3, 0.4) is 0 Å². The number of H-pyrrole nitrogens is 1. The van der Waals surface area contributed by atoms with Crippen molar-refractivity contribution in [1.82, 2.24) is 9.97 Å². The smallest absolute Gasteiger partial charge is 0.270 e. The highest BCUT2D eigenvalue weighted by Crippen LogP contribution is 2.24. The molecule has 0 saturated carbocycles. The van der Waals surface area contributed by atoms with Gasteiger partial charge in [-0.1, -0.05) is 74.3 Å². The average Bonchev–Trinajstić information content (AvgIpc) is 2.85. The highest BCUT2D eigenvalue weighted by atomic mass is 79.9. The van der Waals surface area contributed by atoms with Crippen molar-refractivity contribution in [2.45, 2.75) is 6.61 Å². The van der Waals surface area contributed by atoms with Crippen molar-refractivity contribution in [3.8, 4) is 23.1 Å². The summed E-state index contributed by atoms with van der Waals surface area (Å²) in [5.74, 6) is 0.759. The van der Waals surface area contributed by atoms with Crippen molar-refractivity contribution in [1.29, 1.82) is 5.26 Å². The molecular formula is C25H17Br2N5O2. The number of hydrazone groups is 1. The fourth-order valence-electron chi connectivity index (χ4n) is 3.09. The Bertz CT molecular complexity index is 1430. The number of ether oxygens (including phenoxy) is 1. The summed E-state index contributed by atoms with van der Waals surface area (Å²) in [6.07, 6.45) is 1.57. The maximum atomic E-state index is 12.4. The minimum absolute atomic E-state index is 0.0589. The number of hydrogen-bond donors (Lipinski definition) is 2. The van der Waals surface area contributed by atoms with Gasteiger partial charge >= 0.3 is 0 Å². The van der Waals surface area contributed by atoms with Gasteiger partial charge in [-0.2, -0.15) is 10.4 Å². The Kier molecular flexibility index (Phi) is 7.52. The largest absolute Gasteiger partial charge is 0.488 e. The van der Waals surface area contributed by atoms with Crippen LogP contribution in [0, 0.1) is 11.3 Å². The van der Waals surface area contributed by atoms with Crippen LogP contribution in [-0.4, -0.2) is 16.2 Å². The van der Waals surface area contributed by atoms with Gasteiger partial charge in [-0.3, -0.25) is 9.78 Å². The Balaban J connectivity index is 1.55. The lowest BCUT2D eigenvalue weighted by molar-refractivity contribution is 0.305. The highest BCUT2D eigenvalue weighted by molar-refractivity contribution is 9.10. The summed E-state index contributed by atoms with van der Waals surface area (Å²) in [5, 5.41) is 13.6. The van der Waals surface area contributed by atoms with Gasteiger partial charge in [0.2, 0.25) is 5.95 Å². The minimum atomic E-state index is -0.546. The van der Waals surface area contributed by atoms with E-state index in [0.29, 0.717) is 17.9 Å². The number of nitrogens with one attached hydrogen (secondary N) is 2. The predicted molar refractivity (Wildman–Crippen MR) is 139 cm³/mol. The zero-order valence-corrected chi connectivity index (χ0v) is 20.8. The third-order valence-electron chi connectivity index (χ3n) is 4.73. The molecule has 0 radical (unpaired) electrons. The van der Waals surface area contributed by atoms with Crippen molar-refractivity contribution in [3.05, 3.63) is 109 Å². The zero-order chi connectivity index (χ0) is 23.9. The van der Waals surface area contributed by atoms with E-state index >= 15 is 0 Å². The topological polar surface area (TPSA) is 103 Å². The molecule has 4 rings (SSSR count). The van der Waals surface area contributed by atoms with Gasteiger partial charge in [0.15, 0.2) is 0 Å². The molecule has 9 heteroatoms. The number of aromatic nitrogens is 2. The number of anilines is 1. The Morgan fingerprint density at radius 2 is 1.79 bits per heavy atom. The molecule has 4 aromatic rings. The lowest BCUT2D eigenvalue weighted by Crippen LogP contribution is -2.16. The average molecular weight is 579 g/mol. The second-order valence-electron chi connectivity index (χ2n) is 7.08. The molecule has 0 aliphatic heterocycles. The van der Waals surface area contributed by atoms with Crippen LogP contribution in [0.1, 0.15) is 16.7 Å². The van der Waals surface area contributed by atoms with Crippen LogP contribution in [0.4, 0.5) is 5.95 Å². The maximum absolute atomic E-state index is 12.4. The first-order chi connectivity index (χ1) is 16.5. The summed E-state index contributed by atoms with van der Waals surface area (Å²) in [7, 11) is 0. The molecule has 1 heterocycles. The summed E-state index contributed by atoms with van der Waals surface area (Å²) in [4.78, 5) is 19.3. The molecule has 1 aromatic heterocycles. The van der Waals surface area contributed by atoms with Crippen molar-refractivity contribution in [3.63, 3.8) is 0 Å². The zero-order valence-electron chi connectivity index (χ0n) is 17.6. The number of benzene rings is 3. The van der Waals surface area contributed by atoms with Gasteiger partial charge in [-0.15, -0.1) is 0 Å². The molecule has 0 fully saturated rings. The van der Waals surface area contributed by atoms with Gasteiger partial charge in [0.1, 0.15) is 24.0 Å².